The number of hydrogen-bond donors (Lipinski definition) is 1. The molecule has 3 heterocycles. The van der Waals surface area contributed by atoms with Crippen LogP contribution in [0.15, 0.2) is 5.16 Å². The molecule has 0 aromatic rings. The van der Waals surface area contributed by atoms with E-state index in [4.69, 9.17) is 4.84 Å². The Bertz CT molecular complexity index is 523. The molecule has 120 valence electrons. The minimum absolute atomic E-state index is 0.0293. The molecule has 7 heteroatoms. The molecule has 1 aliphatic carbocycles. The van der Waals surface area contributed by atoms with Gasteiger partial charge in [-0.25, -0.2) is 0 Å². The molecule has 2 atom stereocenters. The molecule has 0 aromatic heterocycles. The standard InChI is InChI=1S/C15H21N3O4/c19-10-5-9(6-10)14(20)18-7-11-12(8-18)22-16-13(11)15(21)17-3-1-2-4-17/h9-12,19H,1-8H2/t9?,10?,11-,12+/m0/s1. The first-order valence-corrected chi connectivity index (χ1v) is 8.13. The summed E-state index contributed by atoms with van der Waals surface area (Å²) in [4.78, 5) is 33.9. The third kappa shape index (κ3) is 2.18. The van der Waals surface area contributed by atoms with Gasteiger partial charge in [0.15, 0.2) is 11.8 Å². The zero-order chi connectivity index (χ0) is 15.3. The summed E-state index contributed by atoms with van der Waals surface area (Å²) in [5.74, 6) is -0.111. The number of aliphatic hydroxyl groups excluding tert-OH is 1. The predicted octanol–water partition coefficient (Wildman–Crippen LogP) is -0.407. The van der Waals surface area contributed by atoms with Crippen molar-refractivity contribution in [3.63, 3.8) is 0 Å². The van der Waals surface area contributed by atoms with Crippen LogP contribution in [-0.2, 0) is 14.4 Å². The van der Waals surface area contributed by atoms with Gasteiger partial charge >= 0.3 is 0 Å². The average Bonchev–Trinajstić information content (AvgIpc) is 3.17. The van der Waals surface area contributed by atoms with Crippen molar-refractivity contribution in [1.29, 1.82) is 0 Å². The summed E-state index contributed by atoms with van der Waals surface area (Å²) in [6.07, 6.45) is 2.68. The lowest BCUT2D eigenvalue weighted by atomic mass is 9.81. The molecule has 7 nitrogen and oxygen atoms in total. The van der Waals surface area contributed by atoms with Gasteiger partial charge in [-0.2, -0.15) is 0 Å². The summed E-state index contributed by atoms with van der Waals surface area (Å²) in [5.41, 5.74) is 0.482. The first-order valence-electron chi connectivity index (χ1n) is 8.13. The number of rotatable bonds is 2. The van der Waals surface area contributed by atoms with Crippen molar-refractivity contribution in [2.75, 3.05) is 26.2 Å². The maximum absolute atomic E-state index is 12.5. The van der Waals surface area contributed by atoms with Gasteiger partial charge in [-0.3, -0.25) is 9.59 Å². The molecule has 1 N–H and O–H groups in total. The van der Waals surface area contributed by atoms with Crippen LogP contribution in [0.1, 0.15) is 25.7 Å². The van der Waals surface area contributed by atoms with E-state index in [1.165, 1.54) is 0 Å². The Morgan fingerprint density at radius 2 is 1.86 bits per heavy atom. The van der Waals surface area contributed by atoms with Gasteiger partial charge in [-0.1, -0.05) is 5.16 Å². The molecule has 0 unspecified atom stereocenters. The van der Waals surface area contributed by atoms with Gasteiger partial charge in [-0.05, 0) is 25.7 Å². The lowest BCUT2D eigenvalue weighted by Crippen LogP contribution is -2.44. The Balaban J connectivity index is 1.40. The number of nitrogens with zero attached hydrogens (tertiary/aromatic N) is 3. The highest BCUT2D eigenvalue weighted by molar-refractivity contribution is 6.40. The van der Waals surface area contributed by atoms with Crippen LogP contribution in [0.5, 0.6) is 0 Å². The molecule has 2 saturated heterocycles. The zero-order valence-corrected chi connectivity index (χ0v) is 12.5. The molecule has 0 radical (unpaired) electrons. The fourth-order valence-corrected chi connectivity index (χ4v) is 3.84. The third-order valence-corrected chi connectivity index (χ3v) is 5.29. The summed E-state index contributed by atoms with van der Waals surface area (Å²) in [6.45, 7) is 2.58. The van der Waals surface area contributed by atoms with E-state index in [1.807, 2.05) is 4.90 Å². The fraction of sp³-hybridized carbons (Fsp3) is 0.800. The number of oxime groups is 1. The van der Waals surface area contributed by atoms with Crippen LogP contribution in [-0.4, -0.2) is 70.8 Å². The monoisotopic (exact) mass is 307 g/mol. The van der Waals surface area contributed by atoms with E-state index in [9.17, 15) is 14.7 Å². The van der Waals surface area contributed by atoms with Crippen LogP contribution in [0.3, 0.4) is 0 Å². The Hall–Kier alpha value is -1.63. The summed E-state index contributed by atoms with van der Waals surface area (Å²) in [6, 6.07) is 0. The molecule has 0 spiro atoms. The SMILES string of the molecule is O=C(C1=NO[C@@H]2CN(C(=O)C3CC(O)C3)C[C@H]12)N1CCCC1. The van der Waals surface area contributed by atoms with Gasteiger partial charge in [0.05, 0.1) is 18.6 Å². The molecule has 22 heavy (non-hydrogen) atoms. The number of hydrogen-bond acceptors (Lipinski definition) is 5. The molecule has 0 aromatic carbocycles. The molecule has 3 aliphatic heterocycles. The molecule has 1 saturated carbocycles. The Labute approximate surface area is 128 Å². The van der Waals surface area contributed by atoms with Crippen molar-refractivity contribution in [2.24, 2.45) is 17.0 Å². The third-order valence-electron chi connectivity index (χ3n) is 5.29. The van der Waals surface area contributed by atoms with E-state index in [0.717, 1.165) is 25.9 Å². The zero-order valence-electron chi connectivity index (χ0n) is 12.5. The van der Waals surface area contributed by atoms with Crippen molar-refractivity contribution in [2.45, 2.75) is 37.9 Å². The second kappa shape index (κ2) is 5.22. The van der Waals surface area contributed by atoms with E-state index in [0.29, 0.717) is 31.6 Å². The summed E-state index contributed by atoms with van der Waals surface area (Å²) in [7, 11) is 0. The topological polar surface area (TPSA) is 82.4 Å². The van der Waals surface area contributed by atoms with Crippen LogP contribution < -0.4 is 0 Å². The number of amides is 2. The normalized spacial score (nSPS) is 36.7. The van der Waals surface area contributed by atoms with E-state index in [-0.39, 0.29) is 35.9 Å². The number of carbonyl (C=O) groups excluding carboxylic acids is 2. The van der Waals surface area contributed by atoms with Crippen molar-refractivity contribution in [1.82, 2.24) is 9.80 Å². The van der Waals surface area contributed by atoms with E-state index in [1.54, 1.807) is 4.90 Å². The summed E-state index contributed by atoms with van der Waals surface area (Å²) >= 11 is 0. The van der Waals surface area contributed by atoms with Gasteiger partial charge in [0.25, 0.3) is 5.91 Å². The molecule has 3 fully saturated rings. The first kappa shape index (κ1) is 14.0. The highest BCUT2D eigenvalue weighted by atomic mass is 16.6. The largest absolute Gasteiger partial charge is 0.393 e. The smallest absolute Gasteiger partial charge is 0.272 e. The second-order valence-electron chi connectivity index (χ2n) is 6.79. The Morgan fingerprint density at radius 3 is 2.55 bits per heavy atom. The van der Waals surface area contributed by atoms with Gasteiger partial charge < -0.3 is 19.7 Å². The number of likely N-dealkylation sites (tertiary alicyclic amines) is 2. The lowest BCUT2D eigenvalue weighted by molar-refractivity contribution is -0.141. The highest BCUT2D eigenvalue weighted by Gasteiger charge is 2.49. The quantitative estimate of drug-likeness (QED) is 0.752. The van der Waals surface area contributed by atoms with Crippen molar-refractivity contribution in [3.8, 4) is 0 Å². The molecular formula is C15H21N3O4. The molecule has 0 bridgehead atoms. The average molecular weight is 307 g/mol. The second-order valence-corrected chi connectivity index (χ2v) is 6.79. The maximum Gasteiger partial charge on any atom is 0.272 e. The van der Waals surface area contributed by atoms with E-state index < -0.39 is 0 Å². The minimum atomic E-state index is -0.332. The van der Waals surface area contributed by atoms with Gasteiger partial charge in [0.2, 0.25) is 5.91 Å². The maximum atomic E-state index is 12.5. The van der Waals surface area contributed by atoms with Crippen molar-refractivity contribution >= 4 is 17.5 Å². The summed E-state index contributed by atoms with van der Waals surface area (Å²) in [5, 5.41) is 13.3. The lowest BCUT2D eigenvalue weighted by Gasteiger charge is -2.33. The van der Waals surface area contributed by atoms with Crippen LogP contribution in [0.4, 0.5) is 0 Å². The van der Waals surface area contributed by atoms with Crippen LogP contribution in [0.25, 0.3) is 0 Å². The highest BCUT2D eigenvalue weighted by Crippen LogP contribution is 2.34. The van der Waals surface area contributed by atoms with Crippen molar-refractivity contribution < 1.29 is 19.5 Å². The van der Waals surface area contributed by atoms with E-state index in [2.05, 4.69) is 5.16 Å². The van der Waals surface area contributed by atoms with Gasteiger partial charge in [0.1, 0.15) is 0 Å². The van der Waals surface area contributed by atoms with E-state index >= 15 is 0 Å². The van der Waals surface area contributed by atoms with Crippen LogP contribution in [0.2, 0.25) is 0 Å². The number of fused-ring (bicyclic) bond motifs is 1. The summed E-state index contributed by atoms with van der Waals surface area (Å²) < 4.78 is 0. The van der Waals surface area contributed by atoms with Gasteiger partial charge in [-0.15, -0.1) is 0 Å². The number of aliphatic hydroxyl groups is 1. The van der Waals surface area contributed by atoms with Crippen LogP contribution in [0, 0.1) is 11.8 Å². The molecule has 2 amide bonds. The van der Waals surface area contributed by atoms with Crippen molar-refractivity contribution in [3.05, 3.63) is 0 Å². The predicted molar refractivity (Wildman–Crippen MR) is 76.9 cm³/mol. The molecule has 4 rings (SSSR count). The van der Waals surface area contributed by atoms with Crippen LogP contribution >= 0.6 is 0 Å². The Kier molecular flexibility index (Phi) is 3.32. The fourth-order valence-electron chi connectivity index (χ4n) is 3.84. The molecule has 4 aliphatic rings. The first-order chi connectivity index (χ1) is 10.6. The number of carbonyl (C=O) groups is 2. The minimum Gasteiger partial charge on any atom is -0.393 e. The Morgan fingerprint density at radius 1 is 1.14 bits per heavy atom. The van der Waals surface area contributed by atoms with Gasteiger partial charge in [0, 0.05) is 25.6 Å². The molecular weight excluding hydrogens is 286 g/mol.